The van der Waals surface area contributed by atoms with Crippen molar-refractivity contribution in [1.29, 1.82) is 0 Å². The molecule has 0 amide bonds. The van der Waals surface area contributed by atoms with Gasteiger partial charge in [0.2, 0.25) is 0 Å². The Bertz CT molecular complexity index is 279. The summed E-state index contributed by atoms with van der Waals surface area (Å²) in [5, 5.41) is 8.41. The molecule has 0 rings (SSSR count). The molecule has 0 aliphatic carbocycles. The number of carboxylic acid groups (broad SMARTS) is 1. The number of aliphatic carboxylic acids is 1. The van der Waals surface area contributed by atoms with E-state index in [1.807, 2.05) is 6.08 Å². The first-order chi connectivity index (χ1) is 10.3. The van der Waals surface area contributed by atoms with E-state index in [4.69, 9.17) is 5.11 Å². The number of allylic oxidation sites excluding steroid dienone is 3. The Balaban J connectivity index is 3.10. The fourth-order valence-corrected chi connectivity index (χ4v) is 2.42. The van der Waals surface area contributed by atoms with Gasteiger partial charge in [0.05, 0.1) is 0 Å². The van der Waals surface area contributed by atoms with Crippen LogP contribution < -0.4 is 0 Å². The normalized spacial score (nSPS) is 11.7. The lowest BCUT2D eigenvalue weighted by atomic mass is 10.0. The molecule has 0 unspecified atom stereocenters. The van der Waals surface area contributed by atoms with Crippen LogP contribution in [0.1, 0.15) is 90.4 Å². The average molecular weight is 294 g/mol. The predicted molar refractivity (Wildman–Crippen MR) is 91.6 cm³/mol. The first-order valence-corrected chi connectivity index (χ1v) is 8.83. The van der Waals surface area contributed by atoms with Gasteiger partial charge in [-0.3, -0.25) is 0 Å². The quantitative estimate of drug-likeness (QED) is 0.219. The molecule has 21 heavy (non-hydrogen) atoms. The molecule has 0 saturated carbocycles. The van der Waals surface area contributed by atoms with Crippen molar-refractivity contribution in [3.8, 4) is 0 Å². The van der Waals surface area contributed by atoms with Crippen molar-refractivity contribution in [1.82, 2.24) is 0 Å². The molecular formula is C19H34O2. The molecule has 0 radical (unpaired) electrons. The van der Waals surface area contributed by atoms with E-state index in [2.05, 4.69) is 13.0 Å². The number of hydrogen-bond acceptors (Lipinski definition) is 1. The van der Waals surface area contributed by atoms with E-state index in [1.165, 1.54) is 83.1 Å². The number of rotatable bonds is 15. The fraction of sp³-hybridized carbons (Fsp3) is 0.737. The maximum absolute atomic E-state index is 10.2. The number of carbonyl (C=O) groups is 1. The van der Waals surface area contributed by atoms with Crippen LogP contribution in [0.2, 0.25) is 0 Å². The molecule has 0 aromatic carbocycles. The van der Waals surface area contributed by atoms with E-state index in [9.17, 15) is 4.79 Å². The summed E-state index contributed by atoms with van der Waals surface area (Å²) in [6, 6.07) is 0. The highest BCUT2D eigenvalue weighted by atomic mass is 16.4. The molecule has 0 bridgehead atoms. The van der Waals surface area contributed by atoms with E-state index in [0.29, 0.717) is 0 Å². The smallest absolute Gasteiger partial charge is 0.328 e. The SMILES string of the molecule is CCCCCCCCCCCCCC/C=C/C=C/C(=O)O. The summed E-state index contributed by atoms with van der Waals surface area (Å²) in [6.07, 6.45) is 24.2. The second-order valence-corrected chi connectivity index (χ2v) is 5.80. The van der Waals surface area contributed by atoms with Gasteiger partial charge >= 0.3 is 5.97 Å². The lowest BCUT2D eigenvalue weighted by Crippen LogP contribution is -1.84. The van der Waals surface area contributed by atoms with Gasteiger partial charge < -0.3 is 5.11 Å². The van der Waals surface area contributed by atoms with Gasteiger partial charge in [-0.2, -0.15) is 0 Å². The molecule has 0 spiro atoms. The predicted octanol–water partition coefficient (Wildman–Crippen LogP) is 6.27. The van der Waals surface area contributed by atoms with Gasteiger partial charge in [0.15, 0.2) is 0 Å². The van der Waals surface area contributed by atoms with Crippen LogP contribution in [0.3, 0.4) is 0 Å². The summed E-state index contributed by atoms with van der Waals surface area (Å²) in [6.45, 7) is 2.27. The minimum absolute atomic E-state index is 0.884. The first kappa shape index (κ1) is 19.9. The van der Waals surface area contributed by atoms with Crippen LogP contribution >= 0.6 is 0 Å². The maximum atomic E-state index is 10.2. The number of hydrogen-bond donors (Lipinski definition) is 1. The molecule has 122 valence electrons. The Morgan fingerprint density at radius 1 is 0.762 bits per heavy atom. The van der Waals surface area contributed by atoms with Crippen molar-refractivity contribution in [3.05, 3.63) is 24.3 Å². The van der Waals surface area contributed by atoms with Crippen molar-refractivity contribution in [2.24, 2.45) is 0 Å². The van der Waals surface area contributed by atoms with Gasteiger partial charge in [0.1, 0.15) is 0 Å². The molecule has 0 aliphatic heterocycles. The van der Waals surface area contributed by atoms with E-state index >= 15 is 0 Å². The second kappa shape index (κ2) is 17.0. The zero-order valence-corrected chi connectivity index (χ0v) is 13.9. The molecule has 0 fully saturated rings. The molecule has 0 aromatic rings. The Hall–Kier alpha value is -1.05. The summed E-state index contributed by atoms with van der Waals surface area (Å²) in [4.78, 5) is 10.2. The van der Waals surface area contributed by atoms with E-state index in [1.54, 1.807) is 6.08 Å². The van der Waals surface area contributed by atoms with Gasteiger partial charge in [0, 0.05) is 6.08 Å². The van der Waals surface area contributed by atoms with Crippen LogP contribution in [-0.2, 0) is 4.79 Å². The Morgan fingerprint density at radius 2 is 1.24 bits per heavy atom. The van der Waals surface area contributed by atoms with Crippen LogP contribution in [0.15, 0.2) is 24.3 Å². The van der Waals surface area contributed by atoms with Gasteiger partial charge in [-0.25, -0.2) is 4.79 Å². The summed E-state index contributed by atoms with van der Waals surface area (Å²) in [5.41, 5.74) is 0. The third kappa shape index (κ3) is 18.9. The Kier molecular flexibility index (Phi) is 16.2. The number of carboxylic acids is 1. The van der Waals surface area contributed by atoms with Crippen molar-refractivity contribution in [3.63, 3.8) is 0 Å². The molecule has 0 aromatic heterocycles. The largest absolute Gasteiger partial charge is 0.478 e. The molecule has 2 heteroatoms. The zero-order chi connectivity index (χ0) is 15.6. The van der Waals surface area contributed by atoms with Crippen molar-refractivity contribution >= 4 is 5.97 Å². The first-order valence-electron chi connectivity index (χ1n) is 8.83. The van der Waals surface area contributed by atoms with Crippen molar-refractivity contribution in [2.45, 2.75) is 90.4 Å². The zero-order valence-electron chi connectivity index (χ0n) is 13.9. The summed E-state index contributed by atoms with van der Waals surface area (Å²) in [5.74, 6) is -0.884. The average Bonchev–Trinajstić information content (AvgIpc) is 2.46. The van der Waals surface area contributed by atoms with Crippen LogP contribution in [-0.4, -0.2) is 11.1 Å². The van der Waals surface area contributed by atoms with Gasteiger partial charge in [-0.05, 0) is 12.8 Å². The van der Waals surface area contributed by atoms with Gasteiger partial charge in [0.25, 0.3) is 0 Å². The highest BCUT2D eigenvalue weighted by Crippen LogP contribution is 2.12. The van der Waals surface area contributed by atoms with E-state index in [-0.39, 0.29) is 0 Å². The summed E-state index contributed by atoms with van der Waals surface area (Å²) in [7, 11) is 0. The lowest BCUT2D eigenvalue weighted by Gasteiger charge is -2.02. The third-order valence-corrected chi connectivity index (χ3v) is 3.71. The fourth-order valence-electron chi connectivity index (χ4n) is 2.42. The van der Waals surface area contributed by atoms with Gasteiger partial charge in [-0.15, -0.1) is 0 Å². The maximum Gasteiger partial charge on any atom is 0.328 e. The monoisotopic (exact) mass is 294 g/mol. The van der Waals surface area contributed by atoms with Crippen LogP contribution in [0.25, 0.3) is 0 Å². The van der Waals surface area contributed by atoms with Crippen LogP contribution in [0.4, 0.5) is 0 Å². The van der Waals surface area contributed by atoms with E-state index < -0.39 is 5.97 Å². The highest BCUT2D eigenvalue weighted by molar-refractivity contribution is 5.80. The van der Waals surface area contributed by atoms with Gasteiger partial charge in [-0.1, -0.05) is 95.8 Å². The summed E-state index contributed by atoms with van der Waals surface area (Å²) >= 11 is 0. The minimum atomic E-state index is -0.884. The molecule has 0 atom stereocenters. The lowest BCUT2D eigenvalue weighted by molar-refractivity contribution is -0.131. The third-order valence-electron chi connectivity index (χ3n) is 3.71. The number of unbranched alkanes of at least 4 members (excludes halogenated alkanes) is 12. The molecule has 0 heterocycles. The van der Waals surface area contributed by atoms with Crippen LogP contribution in [0, 0.1) is 0 Å². The Labute approximate surface area is 131 Å². The standard InChI is InChI=1S/C19H34O2/c1-2-3-4-5-6-7-8-9-10-11-12-13-14-15-16-17-18-19(20)21/h15-18H,2-14H2,1H3,(H,20,21)/b16-15+,18-17+. The summed E-state index contributed by atoms with van der Waals surface area (Å²) < 4.78 is 0. The molecule has 1 N–H and O–H groups in total. The topological polar surface area (TPSA) is 37.3 Å². The minimum Gasteiger partial charge on any atom is -0.478 e. The van der Waals surface area contributed by atoms with Crippen molar-refractivity contribution in [2.75, 3.05) is 0 Å². The highest BCUT2D eigenvalue weighted by Gasteiger charge is 1.92. The second-order valence-electron chi connectivity index (χ2n) is 5.80. The Morgan fingerprint density at radius 3 is 1.71 bits per heavy atom. The molecule has 0 saturated heterocycles. The molecule has 2 nitrogen and oxygen atoms in total. The van der Waals surface area contributed by atoms with E-state index in [0.717, 1.165) is 6.42 Å². The molecular weight excluding hydrogens is 260 g/mol. The van der Waals surface area contributed by atoms with Crippen molar-refractivity contribution < 1.29 is 9.90 Å². The van der Waals surface area contributed by atoms with Crippen LogP contribution in [0.5, 0.6) is 0 Å². The molecule has 0 aliphatic rings.